The van der Waals surface area contributed by atoms with Gasteiger partial charge < -0.3 is 14.7 Å². The quantitative estimate of drug-likeness (QED) is 0.851. The number of benzene rings is 2. The molecule has 1 saturated heterocycles. The van der Waals surface area contributed by atoms with E-state index in [1.54, 1.807) is 11.8 Å². The smallest absolute Gasteiger partial charge is 0.314 e. The van der Waals surface area contributed by atoms with Crippen molar-refractivity contribution in [2.24, 2.45) is 0 Å². The molecule has 0 bridgehead atoms. The number of carboxylic acid groups (broad SMARTS) is 1. The number of carbonyl (C=O) groups excluding carboxylic acids is 1. The van der Waals surface area contributed by atoms with Crippen LogP contribution in [0.4, 0.5) is 0 Å². The second kappa shape index (κ2) is 8.35. The number of amides is 1. The monoisotopic (exact) mass is 367 g/mol. The van der Waals surface area contributed by atoms with Gasteiger partial charge in [-0.1, -0.05) is 60.7 Å². The van der Waals surface area contributed by atoms with Crippen molar-refractivity contribution in [2.45, 2.75) is 37.9 Å². The molecule has 1 amide bonds. The van der Waals surface area contributed by atoms with Crippen LogP contribution in [0.5, 0.6) is 0 Å². The van der Waals surface area contributed by atoms with Crippen molar-refractivity contribution in [3.63, 3.8) is 0 Å². The van der Waals surface area contributed by atoms with Crippen LogP contribution in [0.2, 0.25) is 0 Å². The Kier molecular flexibility index (Phi) is 5.91. The maximum atomic E-state index is 12.7. The Bertz CT molecular complexity index is 767. The normalized spacial score (nSPS) is 17.3. The molecule has 1 atom stereocenters. The van der Waals surface area contributed by atoms with E-state index in [-0.39, 0.29) is 5.91 Å². The number of nitrogens with zero attached hydrogens (tertiary/aromatic N) is 1. The Morgan fingerprint density at radius 2 is 1.59 bits per heavy atom. The topological polar surface area (TPSA) is 66.8 Å². The number of rotatable bonds is 6. The molecule has 2 aromatic rings. The molecular formula is C22H25NO4. The number of piperidine rings is 1. The summed E-state index contributed by atoms with van der Waals surface area (Å²) in [7, 11) is 0. The first kappa shape index (κ1) is 19.1. The summed E-state index contributed by atoms with van der Waals surface area (Å²) in [6.45, 7) is 2.96. The zero-order valence-corrected chi connectivity index (χ0v) is 15.5. The van der Waals surface area contributed by atoms with Crippen molar-refractivity contribution in [3.05, 3.63) is 71.8 Å². The lowest BCUT2D eigenvalue weighted by molar-refractivity contribution is -0.152. The third-order valence-corrected chi connectivity index (χ3v) is 5.36. The summed E-state index contributed by atoms with van der Waals surface area (Å²) in [5, 5.41) is 9.86. The maximum Gasteiger partial charge on any atom is 0.314 e. The van der Waals surface area contributed by atoms with E-state index in [1.165, 1.54) is 0 Å². The number of carbonyl (C=O) groups is 2. The van der Waals surface area contributed by atoms with Crippen LogP contribution in [0.1, 0.15) is 30.9 Å². The molecule has 3 rings (SSSR count). The van der Waals surface area contributed by atoms with Gasteiger partial charge in [0.25, 0.3) is 5.91 Å². The summed E-state index contributed by atoms with van der Waals surface area (Å²) in [5.74, 6) is -0.910. The van der Waals surface area contributed by atoms with Gasteiger partial charge in [0, 0.05) is 13.1 Å². The molecule has 5 heteroatoms. The van der Waals surface area contributed by atoms with Gasteiger partial charge in [0.1, 0.15) is 6.10 Å². The number of likely N-dealkylation sites (tertiary alicyclic amines) is 1. The second-order valence-electron chi connectivity index (χ2n) is 7.02. The predicted molar refractivity (Wildman–Crippen MR) is 102 cm³/mol. The minimum absolute atomic E-state index is 0.0852. The molecular weight excluding hydrogens is 342 g/mol. The van der Waals surface area contributed by atoms with Crippen molar-refractivity contribution in [3.8, 4) is 0 Å². The predicted octanol–water partition coefficient (Wildman–Crippen LogP) is 3.24. The number of carboxylic acids is 1. The second-order valence-corrected chi connectivity index (χ2v) is 7.02. The summed E-state index contributed by atoms with van der Waals surface area (Å²) in [5.41, 5.74) is 0.898. The Balaban J connectivity index is 1.60. The van der Waals surface area contributed by atoms with Crippen LogP contribution in [0, 0.1) is 0 Å². The van der Waals surface area contributed by atoms with E-state index >= 15 is 0 Å². The fourth-order valence-electron chi connectivity index (χ4n) is 3.62. The molecule has 1 aliphatic heterocycles. The molecule has 0 spiro atoms. The lowest BCUT2D eigenvalue weighted by Gasteiger charge is -2.40. The number of ether oxygens (including phenoxy) is 1. The maximum absolute atomic E-state index is 12.7. The van der Waals surface area contributed by atoms with Crippen molar-refractivity contribution in [2.75, 3.05) is 13.1 Å². The Morgan fingerprint density at radius 1 is 1.04 bits per heavy atom. The molecule has 0 aromatic heterocycles. The van der Waals surface area contributed by atoms with Crippen LogP contribution < -0.4 is 0 Å². The van der Waals surface area contributed by atoms with Crippen LogP contribution >= 0.6 is 0 Å². The highest BCUT2D eigenvalue weighted by Crippen LogP contribution is 2.36. The van der Waals surface area contributed by atoms with E-state index in [2.05, 4.69) is 0 Å². The zero-order chi connectivity index (χ0) is 19.3. The molecule has 1 N–H and O–H groups in total. The zero-order valence-electron chi connectivity index (χ0n) is 15.5. The third-order valence-electron chi connectivity index (χ3n) is 5.36. The van der Waals surface area contributed by atoms with Crippen LogP contribution in [-0.2, 0) is 26.3 Å². The Hall–Kier alpha value is -2.66. The molecule has 1 aliphatic rings. The summed E-state index contributed by atoms with van der Waals surface area (Å²) in [6.07, 6.45) is 0.256. The highest BCUT2D eigenvalue weighted by molar-refractivity contribution is 5.84. The minimum atomic E-state index is -0.924. The van der Waals surface area contributed by atoms with Gasteiger partial charge in [-0.3, -0.25) is 9.59 Å². The fraction of sp³-hybridized carbons (Fsp3) is 0.364. The molecule has 27 heavy (non-hydrogen) atoms. The molecule has 1 unspecified atom stereocenters. The Labute approximate surface area is 159 Å². The first-order valence-corrected chi connectivity index (χ1v) is 9.26. The third kappa shape index (κ3) is 4.19. The number of hydrogen-bond donors (Lipinski definition) is 1. The highest BCUT2D eigenvalue weighted by atomic mass is 16.5. The SMILES string of the molecule is CC(OCc1ccccc1)C(=O)N1CCC(C(=O)O)(c2ccccc2)CC1. The van der Waals surface area contributed by atoms with Crippen LogP contribution in [0.25, 0.3) is 0 Å². The van der Waals surface area contributed by atoms with Crippen molar-refractivity contribution in [1.82, 2.24) is 4.90 Å². The van der Waals surface area contributed by atoms with Crippen molar-refractivity contribution >= 4 is 11.9 Å². The first-order valence-electron chi connectivity index (χ1n) is 9.26. The van der Waals surface area contributed by atoms with Crippen LogP contribution in [0.3, 0.4) is 0 Å². The molecule has 2 aromatic carbocycles. The van der Waals surface area contributed by atoms with Crippen molar-refractivity contribution < 1.29 is 19.4 Å². The summed E-state index contributed by atoms with van der Waals surface area (Å²) in [4.78, 5) is 26.4. The minimum Gasteiger partial charge on any atom is -0.481 e. The first-order chi connectivity index (χ1) is 13.0. The van der Waals surface area contributed by atoms with E-state index in [1.807, 2.05) is 60.7 Å². The molecule has 1 fully saturated rings. The highest BCUT2D eigenvalue weighted by Gasteiger charge is 2.44. The summed E-state index contributed by atoms with van der Waals surface area (Å²) >= 11 is 0. The van der Waals surface area contributed by atoms with Gasteiger partial charge in [-0.2, -0.15) is 0 Å². The number of hydrogen-bond acceptors (Lipinski definition) is 3. The molecule has 142 valence electrons. The van der Waals surface area contributed by atoms with Gasteiger partial charge in [0.2, 0.25) is 0 Å². The lowest BCUT2D eigenvalue weighted by atomic mass is 9.73. The van der Waals surface area contributed by atoms with E-state index < -0.39 is 17.5 Å². The van der Waals surface area contributed by atoms with Crippen LogP contribution in [-0.4, -0.2) is 41.1 Å². The standard InChI is InChI=1S/C22H25NO4/c1-17(27-16-18-8-4-2-5-9-18)20(24)23-14-12-22(13-15-23,21(25)26)19-10-6-3-7-11-19/h2-11,17H,12-16H2,1H3,(H,25,26). The van der Waals surface area contributed by atoms with Crippen molar-refractivity contribution in [1.29, 1.82) is 0 Å². The largest absolute Gasteiger partial charge is 0.481 e. The molecule has 1 heterocycles. The van der Waals surface area contributed by atoms with E-state index in [4.69, 9.17) is 4.74 Å². The molecule has 0 saturated carbocycles. The van der Waals surface area contributed by atoms with Gasteiger partial charge in [0.15, 0.2) is 0 Å². The summed E-state index contributed by atoms with van der Waals surface area (Å²) in [6, 6.07) is 19.0. The van der Waals surface area contributed by atoms with Crippen LogP contribution in [0.15, 0.2) is 60.7 Å². The number of aliphatic carboxylic acids is 1. The lowest BCUT2D eigenvalue weighted by Crippen LogP contribution is -2.51. The summed E-state index contributed by atoms with van der Waals surface area (Å²) < 4.78 is 5.72. The average molecular weight is 367 g/mol. The molecule has 0 radical (unpaired) electrons. The van der Waals surface area contributed by atoms with E-state index in [0.717, 1.165) is 11.1 Å². The van der Waals surface area contributed by atoms with Gasteiger partial charge in [-0.15, -0.1) is 0 Å². The van der Waals surface area contributed by atoms with Gasteiger partial charge in [-0.05, 0) is 30.9 Å². The van der Waals surface area contributed by atoms with Gasteiger partial charge in [-0.25, -0.2) is 0 Å². The van der Waals surface area contributed by atoms with E-state index in [0.29, 0.717) is 32.5 Å². The van der Waals surface area contributed by atoms with Gasteiger partial charge in [0.05, 0.1) is 12.0 Å². The van der Waals surface area contributed by atoms with Gasteiger partial charge >= 0.3 is 5.97 Å². The molecule has 0 aliphatic carbocycles. The Morgan fingerprint density at radius 3 is 2.15 bits per heavy atom. The van der Waals surface area contributed by atoms with E-state index in [9.17, 15) is 14.7 Å². The molecule has 5 nitrogen and oxygen atoms in total. The fourth-order valence-corrected chi connectivity index (χ4v) is 3.62. The average Bonchev–Trinajstić information content (AvgIpc) is 2.72.